The highest BCUT2D eigenvalue weighted by Crippen LogP contribution is 2.19. The molecule has 7 nitrogen and oxygen atoms in total. The number of nitrogens with zero attached hydrogens (tertiary/aromatic N) is 2. The third kappa shape index (κ3) is 7.36. The Kier molecular flexibility index (Phi) is 8.64. The van der Waals surface area contributed by atoms with Crippen molar-refractivity contribution in [3.63, 3.8) is 0 Å². The Hall–Kier alpha value is -2.39. The molecule has 0 spiro atoms. The number of amides is 2. The van der Waals surface area contributed by atoms with Gasteiger partial charge in [0.15, 0.2) is 0 Å². The molecule has 168 valence electrons. The molecule has 1 N–H and O–H groups in total. The lowest BCUT2D eigenvalue weighted by atomic mass is 10.1. The van der Waals surface area contributed by atoms with E-state index in [2.05, 4.69) is 21.2 Å². The average Bonchev–Trinajstić information content (AvgIpc) is 2.70. The first-order chi connectivity index (χ1) is 14.5. The number of benzene rings is 2. The Labute approximate surface area is 192 Å². The highest BCUT2D eigenvalue weighted by atomic mass is 79.9. The van der Waals surface area contributed by atoms with Crippen molar-refractivity contribution >= 4 is 43.5 Å². The number of hydrogen-bond acceptors (Lipinski definition) is 4. The van der Waals surface area contributed by atoms with E-state index in [4.69, 9.17) is 0 Å². The summed E-state index contributed by atoms with van der Waals surface area (Å²) < 4.78 is 26.8. The van der Waals surface area contributed by atoms with Crippen molar-refractivity contribution in [3.05, 3.63) is 64.6 Å². The van der Waals surface area contributed by atoms with Gasteiger partial charge >= 0.3 is 0 Å². The van der Waals surface area contributed by atoms with Crippen LogP contribution in [0.1, 0.15) is 26.3 Å². The van der Waals surface area contributed by atoms with Crippen LogP contribution in [-0.2, 0) is 26.2 Å². The number of rotatable bonds is 9. The molecule has 0 aliphatic rings. The molecule has 0 unspecified atom stereocenters. The average molecular weight is 510 g/mol. The fraction of sp³-hybridized carbons (Fsp3) is 0.364. The predicted octanol–water partition coefficient (Wildman–Crippen LogP) is 3.16. The van der Waals surface area contributed by atoms with Crippen LogP contribution in [0.25, 0.3) is 0 Å². The maximum absolute atomic E-state index is 13.3. The van der Waals surface area contributed by atoms with Gasteiger partial charge in [0.1, 0.15) is 12.6 Å². The fourth-order valence-corrected chi connectivity index (χ4v) is 4.10. The van der Waals surface area contributed by atoms with Crippen LogP contribution in [0.3, 0.4) is 0 Å². The predicted molar refractivity (Wildman–Crippen MR) is 126 cm³/mol. The third-order valence-corrected chi connectivity index (χ3v) is 6.26. The van der Waals surface area contributed by atoms with Crippen LogP contribution in [0.15, 0.2) is 59.1 Å². The number of carbonyl (C=O) groups excluding carboxylic acids is 2. The molecular formula is C22H28BrN3O4S. The van der Waals surface area contributed by atoms with Crippen molar-refractivity contribution in [1.82, 2.24) is 10.2 Å². The highest BCUT2D eigenvalue weighted by molar-refractivity contribution is 9.10. The fourth-order valence-electron chi connectivity index (χ4n) is 2.98. The van der Waals surface area contributed by atoms with Gasteiger partial charge in [0.2, 0.25) is 21.8 Å². The second-order valence-electron chi connectivity index (χ2n) is 7.59. The second-order valence-corrected chi connectivity index (χ2v) is 10.4. The van der Waals surface area contributed by atoms with Crippen LogP contribution in [0, 0.1) is 0 Å². The van der Waals surface area contributed by atoms with E-state index in [9.17, 15) is 18.0 Å². The number of anilines is 1. The first kappa shape index (κ1) is 24.9. The number of carbonyl (C=O) groups is 2. The Balaban J connectivity index is 2.35. The number of para-hydroxylation sites is 1. The van der Waals surface area contributed by atoms with Gasteiger partial charge in [0.05, 0.1) is 11.9 Å². The van der Waals surface area contributed by atoms with E-state index in [1.165, 1.54) is 4.90 Å². The van der Waals surface area contributed by atoms with E-state index in [1.54, 1.807) is 37.3 Å². The van der Waals surface area contributed by atoms with Gasteiger partial charge in [-0.3, -0.25) is 13.9 Å². The van der Waals surface area contributed by atoms with Crippen molar-refractivity contribution < 1.29 is 18.0 Å². The first-order valence-electron chi connectivity index (χ1n) is 9.86. The molecule has 0 radical (unpaired) electrons. The molecule has 2 aromatic rings. The van der Waals surface area contributed by atoms with E-state index in [-0.39, 0.29) is 18.5 Å². The van der Waals surface area contributed by atoms with Crippen LogP contribution < -0.4 is 9.62 Å². The molecule has 0 aliphatic heterocycles. The topological polar surface area (TPSA) is 86.8 Å². The molecule has 1 atom stereocenters. The molecule has 2 aromatic carbocycles. The monoisotopic (exact) mass is 509 g/mol. The van der Waals surface area contributed by atoms with Crippen LogP contribution in [0.2, 0.25) is 0 Å². The summed E-state index contributed by atoms with van der Waals surface area (Å²) in [6, 6.07) is 15.0. The molecule has 0 aromatic heterocycles. The first-order valence-corrected chi connectivity index (χ1v) is 12.5. The quantitative estimate of drug-likeness (QED) is 0.562. The summed E-state index contributed by atoms with van der Waals surface area (Å²) >= 11 is 3.38. The van der Waals surface area contributed by atoms with Gasteiger partial charge < -0.3 is 10.2 Å². The SMILES string of the molecule is CC(C)NC(=O)[C@H](C)N(Cc1ccc(Br)cc1)C(=O)CN(c1ccccc1)S(C)(=O)=O. The Morgan fingerprint density at radius 2 is 1.58 bits per heavy atom. The van der Waals surface area contributed by atoms with Crippen molar-refractivity contribution in [2.45, 2.75) is 39.4 Å². The van der Waals surface area contributed by atoms with Gasteiger partial charge in [-0.05, 0) is 50.6 Å². The normalized spacial score (nSPS) is 12.3. The van der Waals surface area contributed by atoms with Crippen LogP contribution in [0.5, 0.6) is 0 Å². The van der Waals surface area contributed by atoms with Gasteiger partial charge in [0.25, 0.3) is 0 Å². The lowest BCUT2D eigenvalue weighted by molar-refractivity contribution is -0.139. The molecule has 0 bridgehead atoms. The Morgan fingerprint density at radius 1 is 1.00 bits per heavy atom. The van der Waals surface area contributed by atoms with E-state index in [1.807, 2.05) is 38.1 Å². The lowest BCUT2D eigenvalue weighted by Crippen LogP contribution is -2.52. The molecule has 0 saturated heterocycles. The van der Waals surface area contributed by atoms with Gasteiger partial charge in [-0.25, -0.2) is 8.42 Å². The maximum Gasteiger partial charge on any atom is 0.244 e. The zero-order valence-electron chi connectivity index (χ0n) is 18.1. The summed E-state index contributed by atoms with van der Waals surface area (Å²) in [7, 11) is -3.71. The van der Waals surface area contributed by atoms with E-state index in [0.717, 1.165) is 20.6 Å². The smallest absolute Gasteiger partial charge is 0.244 e. The number of sulfonamides is 1. The van der Waals surface area contributed by atoms with Gasteiger partial charge in [0, 0.05) is 17.1 Å². The lowest BCUT2D eigenvalue weighted by Gasteiger charge is -2.31. The molecule has 0 saturated carbocycles. The molecule has 0 heterocycles. The largest absolute Gasteiger partial charge is 0.352 e. The van der Waals surface area contributed by atoms with Gasteiger partial charge in [-0.2, -0.15) is 0 Å². The van der Waals surface area contributed by atoms with Crippen molar-refractivity contribution in [2.75, 3.05) is 17.1 Å². The van der Waals surface area contributed by atoms with E-state index >= 15 is 0 Å². The molecular weight excluding hydrogens is 482 g/mol. The van der Waals surface area contributed by atoms with E-state index < -0.39 is 28.5 Å². The molecule has 2 amide bonds. The summed E-state index contributed by atoms with van der Waals surface area (Å²) in [4.78, 5) is 27.4. The third-order valence-electron chi connectivity index (χ3n) is 4.59. The van der Waals surface area contributed by atoms with Crippen molar-refractivity contribution in [2.24, 2.45) is 0 Å². The van der Waals surface area contributed by atoms with Crippen LogP contribution >= 0.6 is 15.9 Å². The summed E-state index contributed by atoms with van der Waals surface area (Å²) in [5.41, 5.74) is 1.22. The zero-order chi connectivity index (χ0) is 23.2. The molecule has 9 heteroatoms. The summed E-state index contributed by atoms with van der Waals surface area (Å²) in [6.45, 7) is 5.09. The van der Waals surface area contributed by atoms with Crippen LogP contribution in [0.4, 0.5) is 5.69 Å². The Bertz CT molecular complexity index is 995. The van der Waals surface area contributed by atoms with Gasteiger partial charge in [-0.15, -0.1) is 0 Å². The molecule has 0 aliphatic carbocycles. The number of halogens is 1. The minimum atomic E-state index is -3.71. The number of hydrogen-bond donors (Lipinski definition) is 1. The Morgan fingerprint density at radius 3 is 2.10 bits per heavy atom. The van der Waals surface area contributed by atoms with Crippen molar-refractivity contribution in [1.29, 1.82) is 0 Å². The molecule has 2 rings (SSSR count). The summed E-state index contributed by atoms with van der Waals surface area (Å²) in [5.74, 6) is -0.769. The maximum atomic E-state index is 13.3. The minimum absolute atomic E-state index is 0.0866. The minimum Gasteiger partial charge on any atom is -0.352 e. The summed E-state index contributed by atoms with van der Waals surface area (Å²) in [6.07, 6.45) is 1.06. The standard InChI is InChI=1S/C22H28BrN3O4S/c1-16(2)24-22(28)17(3)25(14-18-10-12-19(23)13-11-18)21(27)15-26(31(4,29)30)20-8-6-5-7-9-20/h5-13,16-17H,14-15H2,1-4H3,(H,24,28)/t17-/m0/s1. The second kappa shape index (κ2) is 10.8. The molecule has 31 heavy (non-hydrogen) atoms. The number of nitrogens with one attached hydrogen (secondary N) is 1. The van der Waals surface area contributed by atoms with Crippen LogP contribution in [-0.4, -0.2) is 50.0 Å². The van der Waals surface area contributed by atoms with Crippen molar-refractivity contribution in [3.8, 4) is 0 Å². The van der Waals surface area contributed by atoms with E-state index in [0.29, 0.717) is 5.69 Å². The summed E-state index contributed by atoms with van der Waals surface area (Å²) in [5, 5.41) is 2.82. The zero-order valence-corrected chi connectivity index (χ0v) is 20.5. The van der Waals surface area contributed by atoms with Gasteiger partial charge in [-0.1, -0.05) is 46.3 Å². The highest BCUT2D eigenvalue weighted by Gasteiger charge is 2.30. The molecule has 0 fully saturated rings.